The van der Waals surface area contributed by atoms with Gasteiger partial charge in [0.15, 0.2) is 5.76 Å². The van der Waals surface area contributed by atoms with Crippen molar-refractivity contribution in [2.24, 2.45) is 5.92 Å². The molecular formula is C29H30FNO2. The van der Waals surface area contributed by atoms with Crippen LogP contribution in [0, 0.1) is 17.1 Å². The molecule has 0 aromatic heterocycles. The lowest BCUT2D eigenvalue weighted by Crippen LogP contribution is -2.19. The van der Waals surface area contributed by atoms with Gasteiger partial charge in [0, 0.05) is 18.1 Å². The number of hydrogen-bond donors (Lipinski definition) is 1. The fourth-order valence-electron chi connectivity index (χ4n) is 3.95. The highest BCUT2D eigenvalue weighted by Crippen LogP contribution is 2.27. The number of halogens is 1. The highest BCUT2D eigenvalue weighted by Gasteiger charge is 2.22. The van der Waals surface area contributed by atoms with E-state index in [1.807, 2.05) is 55.5 Å². The van der Waals surface area contributed by atoms with Crippen LogP contribution in [0.4, 0.5) is 4.39 Å². The quantitative estimate of drug-likeness (QED) is 0.258. The summed E-state index contributed by atoms with van der Waals surface area (Å²) in [7, 11) is 1.45. The summed E-state index contributed by atoms with van der Waals surface area (Å²) in [5.74, 6) is -0.532. The van der Waals surface area contributed by atoms with Crippen molar-refractivity contribution < 1.29 is 13.9 Å². The lowest BCUT2D eigenvalue weighted by molar-refractivity contribution is -0.120. The number of ether oxygens (including phenoxy) is 1. The van der Waals surface area contributed by atoms with Gasteiger partial charge in [-0.05, 0) is 54.2 Å². The van der Waals surface area contributed by atoms with Gasteiger partial charge in [0.05, 0.1) is 7.11 Å². The van der Waals surface area contributed by atoms with Gasteiger partial charge in [-0.3, -0.25) is 4.79 Å². The highest BCUT2D eigenvalue weighted by atomic mass is 19.1. The van der Waals surface area contributed by atoms with Crippen LogP contribution in [0.15, 0.2) is 96.3 Å². The minimum Gasteiger partial charge on any atom is -0.493 e. The van der Waals surface area contributed by atoms with Crippen molar-refractivity contribution in [1.82, 2.24) is 0 Å². The molecule has 0 saturated carbocycles. The van der Waals surface area contributed by atoms with E-state index >= 15 is 0 Å². The third-order valence-corrected chi connectivity index (χ3v) is 5.95. The van der Waals surface area contributed by atoms with Crippen LogP contribution >= 0.6 is 0 Å². The maximum absolute atomic E-state index is 14.8. The van der Waals surface area contributed by atoms with E-state index in [1.165, 1.54) is 13.3 Å². The number of methoxy groups -OCH3 is 1. The number of ketones is 1. The standard InChI is InChI=1S/C29H30FNO2/c1-21(25(17-18-31)19-22-9-5-3-6-10-22)29(32)28(33-2)16-15-24-13-14-26(20-27(24)30)23-11-7-4-8-12-23/h3-11,13-14,16-18,20-21,23,31H,12,15,19H2,1-2H3/b25-17+,28-16+,31-18?. The summed E-state index contributed by atoms with van der Waals surface area (Å²) >= 11 is 0. The molecule has 1 N–H and O–H groups in total. The lowest BCUT2D eigenvalue weighted by Gasteiger charge is -2.17. The molecule has 2 aromatic rings. The normalized spacial score (nSPS) is 17.0. The molecule has 2 aromatic carbocycles. The summed E-state index contributed by atoms with van der Waals surface area (Å²) in [6.45, 7) is 1.81. The third kappa shape index (κ3) is 6.48. The summed E-state index contributed by atoms with van der Waals surface area (Å²) in [6, 6.07) is 15.1. The third-order valence-electron chi connectivity index (χ3n) is 5.95. The van der Waals surface area contributed by atoms with Crippen LogP contribution in [0.25, 0.3) is 0 Å². The molecule has 4 heteroatoms. The summed E-state index contributed by atoms with van der Waals surface area (Å²) in [5.41, 5.74) is 3.36. The molecule has 0 radical (unpaired) electrons. The molecule has 1 aliphatic carbocycles. The Morgan fingerprint density at radius 1 is 1.21 bits per heavy atom. The molecule has 0 aliphatic heterocycles. The molecule has 0 fully saturated rings. The maximum atomic E-state index is 14.8. The first kappa shape index (κ1) is 24.1. The number of rotatable bonds is 10. The van der Waals surface area contributed by atoms with Crippen LogP contribution in [0.2, 0.25) is 0 Å². The number of allylic oxidation sites excluding steroid dienone is 8. The van der Waals surface area contributed by atoms with Crippen molar-refractivity contribution in [2.45, 2.75) is 32.1 Å². The fourth-order valence-corrected chi connectivity index (χ4v) is 3.95. The van der Waals surface area contributed by atoms with Crippen LogP contribution in [0.3, 0.4) is 0 Å². The number of hydrogen-bond acceptors (Lipinski definition) is 3. The van der Waals surface area contributed by atoms with Gasteiger partial charge in [-0.2, -0.15) is 0 Å². The van der Waals surface area contributed by atoms with Crippen LogP contribution in [0.1, 0.15) is 36.0 Å². The molecule has 0 spiro atoms. The molecular weight excluding hydrogens is 413 g/mol. The molecule has 0 bridgehead atoms. The molecule has 170 valence electrons. The Labute approximate surface area is 195 Å². The van der Waals surface area contributed by atoms with Gasteiger partial charge in [0.25, 0.3) is 0 Å². The van der Waals surface area contributed by atoms with E-state index in [-0.39, 0.29) is 29.7 Å². The second-order valence-electron chi connectivity index (χ2n) is 8.14. The molecule has 0 saturated heterocycles. The SMILES string of the molecule is CO/C(=C/Cc1ccc(C2C=CC=CC2)cc1F)C(=O)C(C)/C(=C/C=N)Cc1ccccc1. The van der Waals surface area contributed by atoms with E-state index in [2.05, 4.69) is 12.2 Å². The lowest BCUT2D eigenvalue weighted by atomic mass is 9.89. The highest BCUT2D eigenvalue weighted by molar-refractivity contribution is 5.97. The minimum atomic E-state index is -0.462. The Kier molecular flexibility index (Phi) is 8.71. The Morgan fingerprint density at radius 3 is 2.64 bits per heavy atom. The van der Waals surface area contributed by atoms with Crippen molar-refractivity contribution >= 4 is 12.0 Å². The number of nitrogens with one attached hydrogen (secondary N) is 1. The van der Waals surface area contributed by atoms with E-state index < -0.39 is 5.92 Å². The van der Waals surface area contributed by atoms with Crippen molar-refractivity contribution in [3.05, 3.63) is 119 Å². The van der Waals surface area contributed by atoms with Crippen LogP contribution < -0.4 is 0 Å². The van der Waals surface area contributed by atoms with Gasteiger partial charge in [-0.1, -0.05) is 79.3 Å². The van der Waals surface area contributed by atoms with Gasteiger partial charge < -0.3 is 10.1 Å². The number of Topliss-reactive ketones (excluding diaryl/α,β-unsaturated/α-hetero) is 1. The van der Waals surface area contributed by atoms with Crippen molar-refractivity contribution in [3.63, 3.8) is 0 Å². The van der Waals surface area contributed by atoms with Gasteiger partial charge in [-0.15, -0.1) is 0 Å². The van der Waals surface area contributed by atoms with Gasteiger partial charge in [0.1, 0.15) is 5.82 Å². The van der Waals surface area contributed by atoms with Gasteiger partial charge in [-0.25, -0.2) is 4.39 Å². The van der Waals surface area contributed by atoms with E-state index in [4.69, 9.17) is 10.1 Å². The Balaban J connectivity index is 1.73. The van der Waals surface area contributed by atoms with Gasteiger partial charge >= 0.3 is 0 Å². The molecule has 33 heavy (non-hydrogen) atoms. The average Bonchev–Trinajstić information content (AvgIpc) is 2.85. The van der Waals surface area contributed by atoms with Crippen LogP contribution in [0.5, 0.6) is 0 Å². The first-order valence-corrected chi connectivity index (χ1v) is 11.2. The Morgan fingerprint density at radius 2 is 2.00 bits per heavy atom. The molecule has 2 atom stereocenters. The Hall–Kier alpha value is -3.53. The van der Waals surface area contributed by atoms with Crippen molar-refractivity contribution in [1.29, 1.82) is 5.41 Å². The molecule has 2 unspecified atom stereocenters. The number of carbonyl (C=O) groups is 1. The predicted molar refractivity (Wildman–Crippen MR) is 132 cm³/mol. The molecule has 0 heterocycles. The second kappa shape index (κ2) is 11.9. The van der Waals surface area contributed by atoms with E-state index in [0.717, 1.165) is 23.1 Å². The maximum Gasteiger partial charge on any atom is 0.203 e. The largest absolute Gasteiger partial charge is 0.493 e. The number of benzene rings is 2. The monoisotopic (exact) mass is 443 g/mol. The van der Waals surface area contributed by atoms with E-state index in [0.29, 0.717) is 12.0 Å². The first-order valence-electron chi connectivity index (χ1n) is 11.2. The first-order chi connectivity index (χ1) is 16.0. The van der Waals surface area contributed by atoms with Crippen LogP contribution in [-0.4, -0.2) is 19.1 Å². The summed E-state index contributed by atoms with van der Waals surface area (Å²) in [5, 5.41) is 7.49. The van der Waals surface area contributed by atoms with E-state index in [9.17, 15) is 9.18 Å². The van der Waals surface area contributed by atoms with Crippen molar-refractivity contribution in [2.75, 3.05) is 7.11 Å². The molecule has 1 aliphatic rings. The summed E-state index contributed by atoms with van der Waals surface area (Å²) in [4.78, 5) is 13.1. The molecule has 3 nitrogen and oxygen atoms in total. The Bertz CT molecular complexity index is 1100. The summed E-state index contributed by atoms with van der Waals surface area (Å²) < 4.78 is 20.1. The number of carbonyl (C=O) groups excluding carboxylic acids is 1. The zero-order chi connectivity index (χ0) is 23.6. The minimum absolute atomic E-state index is 0.183. The summed E-state index contributed by atoms with van der Waals surface area (Å²) in [6.07, 6.45) is 14.3. The zero-order valence-corrected chi connectivity index (χ0v) is 19.1. The fraction of sp³-hybridized carbons (Fsp3) is 0.241. The van der Waals surface area contributed by atoms with Crippen LogP contribution in [-0.2, 0) is 22.4 Å². The van der Waals surface area contributed by atoms with Gasteiger partial charge in [0.2, 0.25) is 5.78 Å². The topological polar surface area (TPSA) is 50.2 Å². The van der Waals surface area contributed by atoms with Crippen molar-refractivity contribution in [3.8, 4) is 0 Å². The average molecular weight is 444 g/mol. The molecule has 3 rings (SSSR count). The smallest absolute Gasteiger partial charge is 0.203 e. The predicted octanol–water partition coefficient (Wildman–Crippen LogP) is 6.52. The molecule has 0 amide bonds. The zero-order valence-electron chi connectivity index (χ0n) is 19.1. The second-order valence-corrected chi connectivity index (χ2v) is 8.14. The van der Waals surface area contributed by atoms with E-state index in [1.54, 1.807) is 24.3 Å².